The number of benzene rings is 1. The number of sulfone groups is 1. The molecule has 1 fully saturated rings. The molecule has 1 aromatic carbocycles. The molecule has 112 valence electrons. The molecular formula is C14H19F2NO2S. The van der Waals surface area contributed by atoms with Gasteiger partial charge >= 0.3 is 0 Å². The van der Waals surface area contributed by atoms with Crippen LogP contribution < -0.4 is 5.32 Å². The van der Waals surface area contributed by atoms with Crippen molar-refractivity contribution in [1.82, 2.24) is 5.32 Å². The summed E-state index contributed by atoms with van der Waals surface area (Å²) in [5.74, 6) is 0.269. The van der Waals surface area contributed by atoms with E-state index >= 15 is 0 Å². The average molecular weight is 303 g/mol. The van der Waals surface area contributed by atoms with E-state index in [2.05, 4.69) is 5.32 Å². The fraction of sp³-hybridized carbons (Fsp3) is 0.571. The summed E-state index contributed by atoms with van der Waals surface area (Å²) in [5, 5.41) is 3.24. The minimum Gasteiger partial charge on any atom is -0.310 e. The number of hydrogen-bond donors (Lipinski definition) is 1. The van der Waals surface area contributed by atoms with Crippen molar-refractivity contribution < 1.29 is 17.2 Å². The van der Waals surface area contributed by atoms with Gasteiger partial charge in [-0.25, -0.2) is 17.2 Å². The number of alkyl halides is 2. The van der Waals surface area contributed by atoms with Crippen LogP contribution in [0.2, 0.25) is 0 Å². The third kappa shape index (κ3) is 3.55. The maximum Gasteiger partial charge on any atom is 0.263 e. The summed E-state index contributed by atoms with van der Waals surface area (Å²) < 4.78 is 48.8. The van der Waals surface area contributed by atoms with Gasteiger partial charge in [-0.1, -0.05) is 25.1 Å². The van der Waals surface area contributed by atoms with E-state index in [0.717, 1.165) is 5.56 Å². The van der Waals surface area contributed by atoms with Gasteiger partial charge in [0.15, 0.2) is 9.84 Å². The second kappa shape index (κ2) is 6.18. The molecule has 0 saturated carbocycles. The molecule has 1 heterocycles. The lowest BCUT2D eigenvalue weighted by molar-refractivity contribution is 0.151. The Balaban J connectivity index is 2.27. The minimum atomic E-state index is -2.98. The third-order valence-electron chi connectivity index (χ3n) is 3.68. The Kier molecular flexibility index (Phi) is 4.75. The lowest BCUT2D eigenvalue weighted by Gasteiger charge is -2.24. The van der Waals surface area contributed by atoms with Crippen LogP contribution in [-0.2, 0) is 9.84 Å². The van der Waals surface area contributed by atoms with Crippen LogP contribution >= 0.6 is 0 Å². The van der Waals surface area contributed by atoms with Gasteiger partial charge in [-0.15, -0.1) is 0 Å². The highest BCUT2D eigenvalue weighted by Crippen LogP contribution is 2.33. The second-order valence-corrected chi connectivity index (χ2v) is 7.40. The highest BCUT2D eigenvalue weighted by atomic mass is 32.2. The Labute approximate surface area is 118 Å². The summed E-state index contributed by atoms with van der Waals surface area (Å²) in [6.45, 7) is 2.59. The Bertz CT molecular complexity index is 560. The van der Waals surface area contributed by atoms with Gasteiger partial charge in [0, 0.05) is 11.6 Å². The van der Waals surface area contributed by atoms with Gasteiger partial charge in [0.25, 0.3) is 6.43 Å². The largest absolute Gasteiger partial charge is 0.310 e. The van der Waals surface area contributed by atoms with Crippen molar-refractivity contribution in [3.8, 4) is 0 Å². The van der Waals surface area contributed by atoms with Gasteiger partial charge < -0.3 is 5.32 Å². The first-order valence-corrected chi connectivity index (χ1v) is 8.57. The monoisotopic (exact) mass is 303 g/mol. The standard InChI is InChI=1S/C14H19F2NO2S/c1-2-17-13(12-6-7-20(18,19)9-12)10-4-3-5-11(8-10)14(15)16/h3-5,8,12-14,17H,2,6-7,9H2,1H3. The number of nitrogens with one attached hydrogen (secondary N) is 1. The van der Waals surface area contributed by atoms with Gasteiger partial charge in [-0.2, -0.15) is 0 Å². The SMILES string of the molecule is CCNC(c1cccc(C(F)F)c1)C1CCS(=O)(=O)C1. The second-order valence-electron chi connectivity index (χ2n) is 5.17. The molecule has 0 aromatic heterocycles. The number of rotatable bonds is 5. The lowest BCUT2D eigenvalue weighted by Crippen LogP contribution is -2.29. The number of halogens is 2. The molecule has 2 atom stereocenters. The first kappa shape index (κ1) is 15.4. The molecule has 1 aliphatic rings. The van der Waals surface area contributed by atoms with E-state index in [-0.39, 0.29) is 29.0 Å². The molecule has 0 spiro atoms. The van der Waals surface area contributed by atoms with Crippen LogP contribution in [0.4, 0.5) is 8.78 Å². The summed E-state index contributed by atoms with van der Waals surface area (Å²) in [6, 6.07) is 6.07. The number of hydrogen-bond acceptors (Lipinski definition) is 3. The van der Waals surface area contributed by atoms with E-state index in [1.807, 2.05) is 6.92 Å². The fourth-order valence-electron chi connectivity index (χ4n) is 2.75. The maximum atomic E-state index is 12.8. The topological polar surface area (TPSA) is 46.2 Å². The molecule has 6 heteroatoms. The van der Waals surface area contributed by atoms with E-state index in [1.165, 1.54) is 12.1 Å². The first-order chi connectivity index (χ1) is 9.43. The average Bonchev–Trinajstić information content (AvgIpc) is 2.76. The molecule has 0 amide bonds. The molecule has 1 saturated heterocycles. The zero-order chi connectivity index (χ0) is 14.8. The Hall–Kier alpha value is -1.01. The van der Waals surface area contributed by atoms with Crippen molar-refractivity contribution in [1.29, 1.82) is 0 Å². The normalized spacial score (nSPS) is 23.1. The van der Waals surface area contributed by atoms with Crippen LogP contribution in [-0.4, -0.2) is 26.5 Å². The van der Waals surface area contributed by atoms with Crippen LogP contribution in [0.1, 0.15) is 36.9 Å². The van der Waals surface area contributed by atoms with Crippen LogP contribution in [0.25, 0.3) is 0 Å². The Morgan fingerprint density at radius 1 is 1.35 bits per heavy atom. The molecule has 2 rings (SSSR count). The minimum absolute atomic E-state index is 0.0220. The van der Waals surface area contributed by atoms with Crippen molar-refractivity contribution >= 4 is 9.84 Å². The molecular weight excluding hydrogens is 284 g/mol. The van der Waals surface area contributed by atoms with E-state index in [0.29, 0.717) is 13.0 Å². The highest BCUT2D eigenvalue weighted by Gasteiger charge is 2.34. The van der Waals surface area contributed by atoms with E-state index < -0.39 is 16.3 Å². The summed E-state index contributed by atoms with van der Waals surface area (Å²) in [7, 11) is -2.98. The summed E-state index contributed by atoms with van der Waals surface area (Å²) >= 11 is 0. The van der Waals surface area contributed by atoms with E-state index in [4.69, 9.17) is 0 Å². The Morgan fingerprint density at radius 2 is 2.05 bits per heavy atom. The van der Waals surface area contributed by atoms with Crippen LogP contribution in [0.3, 0.4) is 0 Å². The van der Waals surface area contributed by atoms with Gasteiger partial charge in [0.1, 0.15) is 0 Å². The van der Waals surface area contributed by atoms with Crippen molar-refractivity contribution in [3.63, 3.8) is 0 Å². The molecule has 3 nitrogen and oxygen atoms in total. The van der Waals surface area contributed by atoms with Crippen LogP contribution in [0, 0.1) is 5.92 Å². The van der Waals surface area contributed by atoms with E-state index in [9.17, 15) is 17.2 Å². The lowest BCUT2D eigenvalue weighted by atomic mass is 9.91. The highest BCUT2D eigenvalue weighted by molar-refractivity contribution is 7.91. The maximum absolute atomic E-state index is 12.8. The molecule has 0 radical (unpaired) electrons. The molecule has 1 aromatic rings. The summed E-state index contributed by atoms with van der Waals surface area (Å²) in [6.07, 6.45) is -1.93. The van der Waals surface area contributed by atoms with Crippen molar-refractivity contribution in [2.45, 2.75) is 25.8 Å². The van der Waals surface area contributed by atoms with Crippen LogP contribution in [0.5, 0.6) is 0 Å². The summed E-state index contributed by atoms with van der Waals surface area (Å²) in [4.78, 5) is 0. The van der Waals surface area contributed by atoms with Crippen LogP contribution in [0.15, 0.2) is 24.3 Å². The molecule has 20 heavy (non-hydrogen) atoms. The molecule has 1 N–H and O–H groups in total. The quantitative estimate of drug-likeness (QED) is 0.910. The van der Waals surface area contributed by atoms with Gasteiger partial charge in [0.2, 0.25) is 0 Å². The summed E-state index contributed by atoms with van der Waals surface area (Å²) in [5.41, 5.74) is 0.720. The predicted octanol–water partition coefficient (Wildman–Crippen LogP) is 2.71. The third-order valence-corrected chi connectivity index (χ3v) is 5.48. The van der Waals surface area contributed by atoms with Gasteiger partial charge in [0.05, 0.1) is 11.5 Å². The fourth-order valence-corrected chi connectivity index (χ4v) is 4.59. The van der Waals surface area contributed by atoms with E-state index in [1.54, 1.807) is 12.1 Å². The zero-order valence-electron chi connectivity index (χ0n) is 11.4. The first-order valence-electron chi connectivity index (χ1n) is 6.75. The predicted molar refractivity (Wildman–Crippen MR) is 74.6 cm³/mol. The van der Waals surface area contributed by atoms with Crippen molar-refractivity contribution in [3.05, 3.63) is 35.4 Å². The molecule has 0 aliphatic carbocycles. The van der Waals surface area contributed by atoms with Gasteiger partial charge in [-0.05, 0) is 30.5 Å². The van der Waals surface area contributed by atoms with Crippen molar-refractivity contribution in [2.24, 2.45) is 5.92 Å². The molecule has 0 bridgehead atoms. The Morgan fingerprint density at radius 3 is 2.60 bits per heavy atom. The molecule has 2 unspecified atom stereocenters. The smallest absolute Gasteiger partial charge is 0.263 e. The van der Waals surface area contributed by atoms with Gasteiger partial charge in [-0.3, -0.25) is 0 Å². The van der Waals surface area contributed by atoms with Crippen molar-refractivity contribution in [2.75, 3.05) is 18.1 Å². The zero-order valence-corrected chi connectivity index (χ0v) is 12.2. The molecule has 1 aliphatic heterocycles.